The first-order chi connectivity index (χ1) is 19.5. The molecule has 3 rings (SSSR count). The number of rotatable bonds is 13. The Hall–Kier alpha value is -4.44. The molecule has 0 saturated heterocycles. The molecule has 218 valence electrons. The fraction of sp³-hybridized carbons (Fsp3) is 0.355. The number of nitrogens with one attached hydrogen (secondary N) is 4. The number of aliphatic hydroxyl groups is 1. The zero-order valence-electron chi connectivity index (χ0n) is 24.3. The molecule has 0 radical (unpaired) electrons. The minimum Gasteiger partial charge on any atom is -0.444 e. The molecule has 5 N–H and O–H groups in total. The lowest BCUT2D eigenvalue weighted by Crippen LogP contribution is -2.36. The SMILES string of the molecule is C=N/C(=C\NCCNC(=O)OC(C)(C)C)c1ccc(-c2ccc(-c3cnc(C(NC=O)C(C)(C)CO)[nH]3)cc2)cc1. The van der Waals surface area contributed by atoms with Crippen LogP contribution in [0, 0.1) is 5.41 Å². The summed E-state index contributed by atoms with van der Waals surface area (Å²) in [4.78, 5) is 34.7. The van der Waals surface area contributed by atoms with Gasteiger partial charge in [0, 0.05) is 30.3 Å². The van der Waals surface area contributed by atoms with Crippen molar-refractivity contribution >= 4 is 24.9 Å². The van der Waals surface area contributed by atoms with E-state index in [0.717, 1.165) is 27.9 Å². The van der Waals surface area contributed by atoms with Gasteiger partial charge in [0.25, 0.3) is 0 Å². The van der Waals surface area contributed by atoms with Crippen molar-refractivity contribution in [2.24, 2.45) is 10.4 Å². The van der Waals surface area contributed by atoms with Crippen LogP contribution in [0.5, 0.6) is 0 Å². The molecule has 1 atom stereocenters. The van der Waals surface area contributed by atoms with Crippen LogP contribution in [0.15, 0.2) is 65.9 Å². The third-order valence-electron chi connectivity index (χ3n) is 6.35. The van der Waals surface area contributed by atoms with Crippen molar-refractivity contribution in [3.8, 4) is 22.4 Å². The highest BCUT2D eigenvalue weighted by molar-refractivity contribution is 5.73. The predicted molar refractivity (Wildman–Crippen MR) is 162 cm³/mol. The normalized spacial score (nSPS) is 12.8. The molecule has 0 saturated carbocycles. The average Bonchev–Trinajstić information content (AvgIpc) is 3.42. The van der Waals surface area contributed by atoms with Gasteiger partial charge in [-0.25, -0.2) is 9.78 Å². The molecule has 2 aromatic carbocycles. The molecular formula is C31H40N6O4. The largest absolute Gasteiger partial charge is 0.444 e. The summed E-state index contributed by atoms with van der Waals surface area (Å²) in [5, 5.41) is 18.3. The summed E-state index contributed by atoms with van der Waals surface area (Å²) < 4.78 is 5.22. The van der Waals surface area contributed by atoms with E-state index in [1.54, 1.807) is 12.4 Å². The van der Waals surface area contributed by atoms with Gasteiger partial charge in [-0.3, -0.25) is 9.79 Å². The number of nitrogens with zero attached hydrogens (tertiary/aromatic N) is 2. The second kappa shape index (κ2) is 13.8. The number of ether oxygens (including phenoxy) is 1. The van der Waals surface area contributed by atoms with Gasteiger partial charge in [0.2, 0.25) is 6.41 Å². The van der Waals surface area contributed by atoms with Crippen LogP contribution in [0.2, 0.25) is 0 Å². The van der Waals surface area contributed by atoms with Gasteiger partial charge in [-0.2, -0.15) is 0 Å². The number of aliphatic imine (C=N–C) groups is 1. The molecule has 10 nitrogen and oxygen atoms in total. The van der Waals surface area contributed by atoms with Crippen molar-refractivity contribution < 1.29 is 19.4 Å². The Morgan fingerprint density at radius 1 is 1.05 bits per heavy atom. The van der Waals surface area contributed by atoms with Crippen molar-refractivity contribution in [1.82, 2.24) is 25.9 Å². The molecular weight excluding hydrogens is 520 g/mol. The molecule has 2 amide bonds. The summed E-state index contributed by atoms with van der Waals surface area (Å²) in [5.41, 5.74) is 4.32. The van der Waals surface area contributed by atoms with Crippen molar-refractivity contribution in [2.75, 3.05) is 19.7 Å². The van der Waals surface area contributed by atoms with Crippen LogP contribution >= 0.6 is 0 Å². The topological polar surface area (TPSA) is 141 Å². The minimum atomic E-state index is -0.586. The number of aromatic nitrogens is 2. The Labute approximate surface area is 241 Å². The Balaban J connectivity index is 1.62. The number of carbonyl (C=O) groups excluding carboxylic acids is 2. The average molecular weight is 561 g/mol. The van der Waals surface area contributed by atoms with Crippen molar-refractivity contribution in [3.05, 3.63) is 72.3 Å². The highest BCUT2D eigenvalue weighted by Crippen LogP contribution is 2.32. The number of aromatic amines is 1. The van der Waals surface area contributed by atoms with Gasteiger partial charge < -0.3 is 30.8 Å². The second-order valence-corrected chi connectivity index (χ2v) is 11.3. The Bertz CT molecular complexity index is 1340. The molecule has 0 aliphatic heterocycles. The third-order valence-corrected chi connectivity index (χ3v) is 6.35. The summed E-state index contributed by atoms with van der Waals surface area (Å²) in [6.07, 6.45) is 3.66. The molecule has 1 heterocycles. The molecule has 10 heteroatoms. The summed E-state index contributed by atoms with van der Waals surface area (Å²) in [6.45, 7) is 13.7. The zero-order chi connectivity index (χ0) is 30.0. The lowest BCUT2D eigenvalue weighted by atomic mass is 9.85. The van der Waals surface area contributed by atoms with Gasteiger partial charge in [-0.1, -0.05) is 62.4 Å². The Kier molecular flexibility index (Phi) is 10.4. The number of benzene rings is 2. The maximum absolute atomic E-state index is 11.7. The van der Waals surface area contributed by atoms with Crippen LogP contribution in [-0.2, 0) is 9.53 Å². The van der Waals surface area contributed by atoms with E-state index < -0.39 is 23.2 Å². The second-order valence-electron chi connectivity index (χ2n) is 11.3. The fourth-order valence-corrected chi connectivity index (χ4v) is 4.08. The van der Waals surface area contributed by atoms with E-state index in [2.05, 4.69) is 37.6 Å². The summed E-state index contributed by atoms with van der Waals surface area (Å²) in [5.74, 6) is 0.583. The summed E-state index contributed by atoms with van der Waals surface area (Å²) in [6, 6.07) is 15.6. The molecule has 0 aliphatic rings. The number of alkyl carbamates (subject to hydrolysis) is 1. The van der Waals surface area contributed by atoms with Crippen LogP contribution in [0.1, 0.15) is 52.0 Å². The molecule has 3 aromatic rings. The van der Waals surface area contributed by atoms with Crippen LogP contribution in [0.25, 0.3) is 28.1 Å². The van der Waals surface area contributed by atoms with Crippen molar-refractivity contribution in [2.45, 2.75) is 46.3 Å². The van der Waals surface area contributed by atoms with E-state index in [0.29, 0.717) is 31.0 Å². The highest BCUT2D eigenvalue weighted by atomic mass is 16.6. The maximum atomic E-state index is 11.7. The quantitative estimate of drug-likeness (QED) is 0.117. The zero-order valence-corrected chi connectivity index (χ0v) is 24.3. The predicted octanol–water partition coefficient (Wildman–Crippen LogP) is 4.66. The number of H-pyrrole nitrogens is 1. The van der Waals surface area contributed by atoms with Crippen molar-refractivity contribution in [3.63, 3.8) is 0 Å². The molecule has 0 spiro atoms. The maximum Gasteiger partial charge on any atom is 0.407 e. The smallest absolute Gasteiger partial charge is 0.407 e. The van der Waals surface area contributed by atoms with Gasteiger partial charge in [-0.05, 0) is 44.2 Å². The fourth-order valence-electron chi connectivity index (χ4n) is 4.08. The van der Waals surface area contributed by atoms with Crippen molar-refractivity contribution in [1.29, 1.82) is 0 Å². The monoisotopic (exact) mass is 560 g/mol. The van der Waals surface area contributed by atoms with E-state index in [-0.39, 0.29) is 6.61 Å². The van der Waals surface area contributed by atoms with E-state index in [9.17, 15) is 14.7 Å². The lowest BCUT2D eigenvalue weighted by molar-refractivity contribution is -0.111. The number of hydrogen-bond acceptors (Lipinski definition) is 7. The van der Waals surface area contributed by atoms with Gasteiger partial charge in [0.05, 0.1) is 30.2 Å². The third kappa shape index (κ3) is 8.77. The Morgan fingerprint density at radius 2 is 1.66 bits per heavy atom. The summed E-state index contributed by atoms with van der Waals surface area (Å²) in [7, 11) is 0. The Morgan fingerprint density at radius 3 is 2.22 bits per heavy atom. The van der Waals surface area contributed by atoms with Gasteiger partial charge in [0.15, 0.2) is 0 Å². The van der Waals surface area contributed by atoms with Gasteiger partial charge in [-0.15, -0.1) is 0 Å². The van der Waals surface area contributed by atoms with Crippen LogP contribution in [0.3, 0.4) is 0 Å². The first-order valence-electron chi connectivity index (χ1n) is 13.4. The van der Waals surface area contributed by atoms with E-state index in [1.165, 1.54) is 0 Å². The first-order valence-corrected chi connectivity index (χ1v) is 13.4. The van der Waals surface area contributed by atoms with E-state index in [4.69, 9.17) is 4.74 Å². The molecule has 0 fully saturated rings. The number of aliphatic hydroxyl groups excluding tert-OH is 1. The number of hydrogen-bond donors (Lipinski definition) is 5. The first kappa shape index (κ1) is 31.1. The van der Waals surface area contributed by atoms with Crippen LogP contribution in [-0.4, -0.2) is 59.6 Å². The lowest BCUT2D eigenvalue weighted by Gasteiger charge is -2.30. The van der Waals surface area contributed by atoms with Gasteiger partial charge in [0.1, 0.15) is 11.4 Å². The number of amides is 2. The summed E-state index contributed by atoms with van der Waals surface area (Å²) >= 11 is 0. The number of imidazole rings is 1. The molecule has 0 bridgehead atoms. The number of carbonyl (C=O) groups is 2. The van der Waals surface area contributed by atoms with Crippen LogP contribution in [0.4, 0.5) is 4.79 Å². The molecule has 1 unspecified atom stereocenters. The standard InChI is InChI=1S/C31H40N6O4/c1-30(2,3)41-29(40)34-16-15-33-17-25(32-6)23-11-7-21(8-12-23)22-9-13-24(14-10-22)26-18-35-28(37-26)27(36-20-39)31(4,5)19-38/h7-14,17-18,20,27,33,38H,6,15-16,19H2,1-5H3,(H,34,40)(H,35,37)(H,36,39)/b25-17-. The molecule has 1 aromatic heterocycles. The van der Waals surface area contributed by atoms with Crippen LogP contribution < -0.4 is 16.0 Å². The molecule has 0 aliphatic carbocycles. The van der Waals surface area contributed by atoms with E-state index >= 15 is 0 Å². The highest BCUT2D eigenvalue weighted by Gasteiger charge is 2.32. The van der Waals surface area contributed by atoms with Gasteiger partial charge >= 0.3 is 6.09 Å². The molecule has 41 heavy (non-hydrogen) atoms. The minimum absolute atomic E-state index is 0.105. The van der Waals surface area contributed by atoms with E-state index in [1.807, 2.05) is 83.1 Å².